The minimum absolute atomic E-state index is 0.0329. The minimum Gasteiger partial charge on any atom is -0.455 e. The number of epoxide rings is 1. The van der Waals surface area contributed by atoms with Gasteiger partial charge in [-0.15, -0.1) is 0 Å². The molecule has 3 heterocycles. The highest BCUT2D eigenvalue weighted by atomic mass is 16.7. The van der Waals surface area contributed by atoms with Crippen LogP contribution in [0.5, 0.6) is 0 Å². The summed E-state index contributed by atoms with van der Waals surface area (Å²) >= 11 is 0. The van der Waals surface area contributed by atoms with Gasteiger partial charge in [0.25, 0.3) is 0 Å². The number of rotatable bonds is 2. The van der Waals surface area contributed by atoms with Crippen LogP contribution in [0.25, 0.3) is 0 Å². The average Bonchev–Trinajstić information content (AvgIpc) is 3.20. The molecule has 0 bridgehead atoms. The van der Waals surface area contributed by atoms with Crippen molar-refractivity contribution in [3.8, 4) is 0 Å². The summed E-state index contributed by atoms with van der Waals surface area (Å²) in [5, 5.41) is 0. The van der Waals surface area contributed by atoms with Crippen LogP contribution in [0.4, 0.5) is 0 Å². The topological polar surface area (TPSA) is 45.3 Å². The first-order chi connectivity index (χ1) is 11.9. The lowest BCUT2D eigenvalue weighted by Crippen LogP contribution is -2.58. The predicted molar refractivity (Wildman–Crippen MR) is 94.1 cm³/mol. The van der Waals surface area contributed by atoms with Gasteiger partial charge in [-0.1, -0.05) is 6.92 Å². The van der Waals surface area contributed by atoms with Gasteiger partial charge in [0.2, 0.25) is 0 Å². The second-order valence-electron chi connectivity index (χ2n) is 9.60. The largest absolute Gasteiger partial charge is 0.455 e. The molecule has 2 aliphatic carbocycles. The highest BCUT2D eigenvalue weighted by Crippen LogP contribution is 2.66. The zero-order valence-electron chi connectivity index (χ0n) is 15.9. The van der Waals surface area contributed by atoms with Crippen molar-refractivity contribution >= 4 is 5.97 Å². The number of piperazine rings is 1. The molecule has 0 N–H and O–H groups in total. The molecule has 140 valence electrons. The summed E-state index contributed by atoms with van der Waals surface area (Å²) in [5.74, 6) is 1.59. The van der Waals surface area contributed by atoms with E-state index in [1.807, 2.05) is 0 Å². The van der Waals surface area contributed by atoms with E-state index in [1.165, 1.54) is 6.42 Å². The summed E-state index contributed by atoms with van der Waals surface area (Å²) in [6, 6.07) is 0. The van der Waals surface area contributed by atoms with Crippen molar-refractivity contribution in [1.29, 1.82) is 0 Å². The van der Waals surface area contributed by atoms with Gasteiger partial charge in [-0.05, 0) is 45.6 Å². The van der Waals surface area contributed by atoms with Gasteiger partial charge in [0.1, 0.15) is 11.7 Å². The minimum atomic E-state index is -0.320. The van der Waals surface area contributed by atoms with Gasteiger partial charge in [-0.3, -0.25) is 9.69 Å². The average molecular weight is 348 g/mol. The van der Waals surface area contributed by atoms with E-state index in [-0.39, 0.29) is 29.2 Å². The first kappa shape index (κ1) is 16.5. The van der Waals surface area contributed by atoms with Gasteiger partial charge in [0, 0.05) is 44.6 Å². The molecule has 5 rings (SSSR count). The van der Waals surface area contributed by atoms with Gasteiger partial charge >= 0.3 is 5.97 Å². The normalized spacial score (nSPS) is 52.9. The Morgan fingerprint density at radius 3 is 2.64 bits per heavy atom. The monoisotopic (exact) mass is 348 g/mol. The number of esters is 1. The number of nitrogens with zero attached hydrogens (tertiary/aromatic N) is 2. The molecule has 0 radical (unpaired) electrons. The van der Waals surface area contributed by atoms with E-state index < -0.39 is 0 Å². The van der Waals surface area contributed by atoms with E-state index in [4.69, 9.17) is 9.47 Å². The number of carbonyl (C=O) groups excluding carboxylic acids is 1. The lowest BCUT2D eigenvalue weighted by Gasteiger charge is -2.50. The third-order valence-corrected chi connectivity index (χ3v) is 8.14. The Hall–Kier alpha value is -0.650. The molecule has 0 amide bonds. The summed E-state index contributed by atoms with van der Waals surface area (Å²) in [4.78, 5) is 17.8. The molecule has 3 saturated heterocycles. The fourth-order valence-electron chi connectivity index (χ4n) is 6.57. The molecule has 1 unspecified atom stereocenters. The van der Waals surface area contributed by atoms with E-state index in [0.29, 0.717) is 17.8 Å². The van der Waals surface area contributed by atoms with Crippen molar-refractivity contribution in [2.24, 2.45) is 23.7 Å². The van der Waals surface area contributed by atoms with E-state index in [9.17, 15) is 4.79 Å². The Bertz CT molecular complexity index is 575. The van der Waals surface area contributed by atoms with E-state index >= 15 is 0 Å². The number of hydrogen-bond donors (Lipinski definition) is 0. The summed E-state index contributed by atoms with van der Waals surface area (Å²) in [6.45, 7) is 9.79. The Morgan fingerprint density at radius 1 is 1.12 bits per heavy atom. The zero-order valence-corrected chi connectivity index (χ0v) is 15.9. The highest BCUT2D eigenvalue weighted by molar-refractivity contribution is 5.77. The lowest BCUT2D eigenvalue weighted by atomic mass is 9.55. The van der Waals surface area contributed by atoms with Crippen LogP contribution < -0.4 is 0 Å². The van der Waals surface area contributed by atoms with Gasteiger partial charge in [0.15, 0.2) is 0 Å². The third-order valence-electron chi connectivity index (χ3n) is 8.14. The Labute approximate surface area is 151 Å². The van der Waals surface area contributed by atoms with Crippen molar-refractivity contribution < 1.29 is 14.3 Å². The first-order valence-electron chi connectivity index (χ1n) is 10.3. The summed E-state index contributed by atoms with van der Waals surface area (Å²) in [7, 11) is 2.18. The predicted octanol–water partition coefficient (Wildman–Crippen LogP) is 1.76. The molecule has 5 nitrogen and oxygen atoms in total. The zero-order chi connectivity index (χ0) is 17.4. The van der Waals surface area contributed by atoms with Crippen molar-refractivity contribution in [3.63, 3.8) is 0 Å². The maximum atomic E-state index is 13.0. The molecular formula is C20H32N2O3. The maximum Gasteiger partial charge on any atom is 0.311 e. The summed E-state index contributed by atoms with van der Waals surface area (Å²) < 4.78 is 12.5. The summed E-state index contributed by atoms with van der Waals surface area (Å²) in [6.07, 6.45) is 4.78. The molecule has 0 aromatic carbocycles. The molecule has 5 heteroatoms. The van der Waals surface area contributed by atoms with Crippen molar-refractivity contribution in [2.75, 3.05) is 39.8 Å². The van der Waals surface area contributed by atoms with E-state index in [2.05, 4.69) is 30.7 Å². The van der Waals surface area contributed by atoms with Gasteiger partial charge in [-0.25, -0.2) is 0 Å². The van der Waals surface area contributed by atoms with Gasteiger partial charge in [0.05, 0.1) is 11.5 Å². The fourth-order valence-corrected chi connectivity index (χ4v) is 6.57. The maximum absolute atomic E-state index is 13.0. The number of likely N-dealkylation sites (N-methyl/N-ethyl adjacent to an activating group) is 1. The van der Waals surface area contributed by atoms with Crippen LogP contribution in [0, 0.1) is 23.7 Å². The number of carbonyl (C=O) groups is 1. The van der Waals surface area contributed by atoms with Crippen LogP contribution >= 0.6 is 0 Å². The molecule has 7 atom stereocenters. The third kappa shape index (κ3) is 2.28. The van der Waals surface area contributed by atoms with Gasteiger partial charge in [-0.2, -0.15) is 0 Å². The quantitative estimate of drug-likeness (QED) is 0.562. The van der Waals surface area contributed by atoms with E-state index in [1.54, 1.807) is 0 Å². The molecule has 1 spiro atoms. The standard InChI is InChI=1S/C20H32N2O3/c1-13-4-5-16-14(12-22-10-8-21(3)9-11-22)17(23)24-20(16)15(13)6-7-19(2)18(20)25-19/h13-16,18H,4-12H2,1-3H3/t13-,14?,15+,16+,18-,19-,20-/m1/s1. The van der Waals surface area contributed by atoms with Crippen molar-refractivity contribution in [2.45, 2.75) is 56.8 Å². The van der Waals surface area contributed by atoms with Crippen molar-refractivity contribution in [3.05, 3.63) is 0 Å². The highest BCUT2D eigenvalue weighted by Gasteiger charge is 2.77. The molecule has 5 fully saturated rings. The smallest absolute Gasteiger partial charge is 0.311 e. The van der Waals surface area contributed by atoms with Crippen LogP contribution in [0.15, 0.2) is 0 Å². The molecule has 0 aromatic rings. The van der Waals surface area contributed by atoms with Crippen LogP contribution in [0.1, 0.15) is 39.5 Å². The Kier molecular flexibility index (Phi) is 3.59. The fraction of sp³-hybridized carbons (Fsp3) is 0.950. The SMILES string of the molecule is C[C@@H]1CC[C@H]2C(CN3CCN(C)CC3)C(=O)O[C@]23[C@H]1CC[C@@]1(C)O[C@@H]31. The number of fused-ring (bicyclic) bond motifs is 1. The first-order valence-corrected chi connectivity index (χ1v) is 10.3. The Balaban J connectivity index is 1.41. The Morgan fingerprint density at radius 2 is 1.88 bits per heavy atom. The molecule has 5 aliphatic rings. The molecular weight excluding hydrogens is 316 g/mol. The number of ether oxygens (including phenoxy) is 2. The van der Waals surface area contributed by atoms with Gasteiger partial charge < -0.3 is 14.4 Å². The van der Waals surface area contributed by atoms with Crippen LogP contribution in [0.2, 0.25) is 0 Å². The van der Waals surface area contributed by atoms with Crippen LogP contribution in [0.3, 0.4) is 0 Å². The van der Waals surface area contributed by atoms with Crippen LogP contribution in [-0.2, 0) is 14.3 Å². The van der Waals surface area contributed by atoms with Crippen LogP contribution in [-0.4, -0.2) is 72.8 Å². The molecule has 3 aliphatic heterocycles. The molecule has 25 heavy (non-hydrogen) atoms. The van der Waals surface area contributed by atoms with Crippen molar-refractivity contribution in [1.82, 2.24) is 9.80 Å². The molecule has 0 aromatic heterocycles. The van der Waals surface area contributed by atoms with E-state index in [0.717, 1.165) is 52.0 Å². The second-order valence-corrected chi connectivity index (χ2v) is 9.60. The lowest BCUT2D eigenvalue weighted by molar-refractivity contribution is -0.168. The molecule has 2 saturated carbocycles. The summed E-state index contributed by atoms with van der Waals surface area (Å²) in [5.41, 5.74) is -0.353. The second kappa shape index (κ2) is 5.43. The number of hydrogen-bond acceptors (Lipinski definition) is 5.